The molecule has 2 rings (SSSR count). The summed E-state index contributed by atoms with van der Waals surface area (Å²) in [5.74, 6) is 0.232. The van der Waals surface area contributed by atoms with Crippen LogP contribution in [0.2, 0.25) is 0 Å². The number of fused-ring (bicyclic) bond motifs is 1. The van der Waals surface area contributed by atoms with Crippen molar-refractivity contribution in [1.29, 1.82) is 5.26 Å². The summed E-state index contributed by atoms with van der Waals surface area (Å²) in [6.45, 7) is 13.0. The molecule has 0 aromatic carbocycles. The van der Waals surface area contributed by atoms with Gasteiger partial charge >= 0.3 is 0 Å². The molecule has 0 N–H and O–H groups in total. The number of likely N-dealkylation sites (tertiary alicyclic amines) is 1. The maximum Gasteiger partial charge on any atom is 0.227 e. The second-order valence-corrected chi connectivity index (χ2v) is 8.54. The largest absolute Gasteiger partial charge is 0.341 e. The summed E-state index contributed by atoms with van der Waals surface area (Å²) in [6, 6.07) is 2.05. The number of nitrogens with zero attached hydrogens (tertiary/aromatic N) is 2. The molecule has 1 heterocycles. The molecule has 1 fully saturated rings. The summed E-state index contributed by atoms with van der Waals surface area (Å²) in [6.07, 6.45) is 2.61. The van der Waals surface area contributed by atoms with E-state index in [4.69, 9.17) is 0 Å². The first kappa shape index (κ1) is 16.7. The van der Waals surface area contributed by atoms with E-state index in [9.17, 15) is 14.9 Å². The Hall–Kier alpha value is -1.63. The van der Waals surface area contributed by atoms with Crippen molar-refractivity contribution < 1.29 is 9.59 Å². The lowest BCUT2D eigenvalue weighted by Gasteiger charge is -2.53. The number of hydrogen-bond donors (Lipinski definition) is 0. The Bertz CT molecular complexity index is 589. The van der Waals surface area contributed by atoms with E-state index in [1.165, 1.54) is 0 Å². The van der Waals surface area contributed by atoms with Gasteiger partial charge in [0.1, 0.15) is 6.07 Å². The highest BCUT2D eigenvalue weighted by Gasteiger charge is 2.54. The van der Waals surface area contributed by atoms with E-state index in [1.54, 1.807) is 0 Å². The highest BCUT2D eigenvalue weighted by Crippen LogP contribution is 2.52. The molecule has 0 aromatic heterocycles. The van der Waals surface area contributed by atoms with Crippen LogP contribution in [0.4, 0.5) is 0 Å². The smallest absolute Gasteiger partial charge is 0.227 e. The maximum atomic E-state index is 12.6. The van der Waals surface area contributed by atoms with Gasteiger partial charge in [0, 0.05) is 29.3 Å². The Balaban J connectivity index is 2.41. The van der Waals surface area contributed by atoms with Crippen LogP contribution in [-0.2, 0) is 9.59 Å². The van der Waals surface area contributed by atoms with Crippen LogP contribution in [0.5, 0.6) is 0 Å². The predicted octanol–water partition coefficient (Wildman–Crippen LogP) is 2.95. The van der Waals surface area contributed by atoms with Gasteiger partial charge in [-0.15, -0.1) is 0 Å². The Morgan fingerprint density at radius 2 is 1.95 bits per heavy atom. The molecule has 2 atom stereocenters. The second kappa shape index (κ2) is 4.94. The predicted molar refractivity (Wildman–Crippen MR) is 84.7 cm³/mol. The van der Waals surface area contributed by atoms with Gasteiger partial charge in [0.05, 0.1) is 5.57 Å². The highest BCUT2D eigenvalue weighted by molar-refractivity contribution is 6.04. The van der Waals surface area contributed by atoms with Gasteiger partial charge in [0.25, 0.3) is 0 Å². The molecule has 120 valence electrons. The molecular formula is C18H26N2O2. The van der Waals surface area contributed by atoms with Crippen LogP contribution in [0.1, 0.15) is 48.0 Å². The summed E-state index contributed by atoms with van der Waals surface area (Å²) in [5.41, 5.74) is -1.04. The normalized spacial score (nSPS) is 31.1. The van der Waals surface area contributed by atoms with E-state index in [1.807, 2.05) is 51.7 Å². The average molecular weight is 302 g/mol. The van der Waals surface area contributed by atoms with Gasteiger partial charge in [-0.2, -0.15) is 5.26 Å². The van der Waals surface area contributed by atoms with Crippen LogP contribution < -0.4 is 0 Å². The van der Waals surface area contributed by atoms with Gasteiger partial charge in [-0.25, -0.2) is 0 Å². The lowest BCUT2D eigenvalue weighted by Crippen LogP contribution is -2.58. The van der Waals surface area contributed by atoms with E-state index in [0.29, 0.717) is 13.1 Å². The SMILES string of the molecule is CC(C)(C)C(=O)N1CC[C@H]2C(C)(C)C(=O)C(C#N)=C[C@]2(C)C1. The summed E-state index contributed by atoms with van der Waals surface area (Å²) in [4.78, 5) is 27.0. The summed E-state index contributed by atoms with van der Waals surface area (Å²) < 4.78 is 0. The van der Waals surface area contributed by atoms with Crippen LogP contribution in [0.25, 0.3) is 0 Å². The summed E-state index contributed by atoms with van der Waals surface area (Å²) in [7, 11) is 0. The third-order valence-corrected chi connectivity index (χ3v) is 5.24. The molecule has 4 nitrogen and oxygen atoms in total. The van der Waals surface area contributed by atoms with Gasteiger partial charge in [0.15, 0.2) is 5.78 Å². The minimum atomic E-state index is -0.550. The summed E-state index contributed by atoms with van der Waals surface area (Å²) in [5, 5.41) is 9.28. The fourth-order valence-corrected chi connectivity index (χ4v) is 4.18. The van der Waals surface area contributed by atoms with Crippen molar-refractivity contribution in [2.45, 2.75) is 48.0 Å². The number of carbonyl (C=O) groups is 2. The lowest BCUT2D eigenvalue weighted by atomic mass is 9.55. The van der Waals surface area contributed by atoms with Gasteiger partial charge in [-0.05, 0) is 12.3 Å². The number of ketones is 1. The molecule has 0 radical (unpaired) electrons. The first-order valence-corrected chi connectivity index (χ1v) is 7.90. The molecule has 0 unspecified atom stereocenters. The van der Waals surface area contributed by atoms with E-state index < -0.39 is 10.8 Å². The van der Waals surface area contributed by atoms with E-state index in [2.05, 4.69) is 6.92 Å². The zero-order valence-corrected chi connectivity index (χ0v) is 14.5. The summed E-state index contributed by atoms with van der Waals surface area (Å²) >= 11 is 0. The molecule has 1 amide bonds. The fourth-order valence-electron chi connectivity index (χ4n) is 4.18. The van der Waals surface area contributed by atoms with Crippen molar-refractivity contribution in [2.24, 2.45) is 22.2 Å². The minimum absolute atomic E-state index is 0.0620. The third kappa shape index (κ3) is 2.47. The van der Waals surface area contributed by atoms with Gasteiger partial charge < -0.3 is 4.90 Å². The molecular weight excluding hydrogens is 276 g/mol. The number of rotatable bonds is 0. The van der Waals surface area contributed by atoms with Gasteiger partial charge in [-0.3, -0.25) is 9.59 Å². The van der Waals surface area contributed by atoms with Crippen molar-refractivity contribution in [3.8, 4) is 6.07 Å². The molecule has 1 aliphatic carbocycles. The molecule has 1 aliphatic heterocycles. The van der Waals surface area contributed by atoms with Crippen molar-refractivity contribution in [3.63, 3.8) is 0 Å². The number of carbonyl (C=O) groups excluding carboxylic acids is 2. The highest BCUT2D eigenvalue weighted by atomic mass is 16.2. The minimum Gasteiger partial charge on any atom is -0.341 e. The number of nitriles is 1. The van der Waals surface area contributed by atoms with E-state index in [-0.39, 0.29) is 28.6 Å². The van der Waals surface area contributed by atoms with Crippen molar-refractivity contribution in [2.75, 3.05) is 13.1 Å². The molecule has 1 saturated heterocycles. The van der Waals surface area contributed by atoms with Crippen LogP contribution in [0, 0.1) is 33.5 Å². The fraction of sp³-hybridized carbons (Fsp3) is 0.722. The van der Waals surface area contributed by atoms with Crippen LogP contribution in [0.3, 0.4) is 0 Å². The molecule has 4 heteroatoms. The molecule has 0 aromatic rings. The van der Waals surface area contributed by atoms with Crippen molar-refractivity contribution in [3.05, 3.63) is 11.6 Å². The number of allylic oxidation sites excluding steroid dienone is 1. The number of Topliss-reactive ketones (excluding diaryl/α,β-unsaturated/α-hetero) is 1. The van der Waals surface area contributed by atoms with Gasteiger partial charge in [-0.1, -0.05) is 47.6 Å². The number of piperidine rings is 1. The van der Waals surface area contributed by atoms with Gasteiger partial charge in [0.2, 0.25) is 5.91 Å². The first-order valence-electron chi connectivity index (χ1n) is 7.90. The zero-order chi connectivity index (χ0) is 16.9. The number of hydrogen-bond acceptors (Lipinski definition) is 3. The average Bonchev–Trinajstić information content (AvgIpc) is 2.40. The Morgan fingerprint density at radius 3 is 2.45 bits per heavy atom. The monoisotopic (exact) mass is 302 g/mol. The Morgan fingerprint density at radius 1 is 1.36 bits per heavy atom. The quantitative estimate of drug-likeness (QED) is 0.691. The Labute approximate surface area is 133 Å². The molecule has 0 saturated carbocycles. The van der Waals surface area contributed by atoms with Crippen LogP contribution in [0.15, 0.2) is 11.6 Å². The molecule has 2 aliphatic rings. The molecule has 22 heavy (non-hydrogen) atoms. The van der Waals surface area contributed by atoms with E-state index >= 15 is 0 Å². The Kier molecular flexibility index (Phi) is 3.76. The first-order chi connectivity index (χ1) is 9.93. The molecule has 0 bridgehead atoms. The molecule has 0 spiro atoms. The van der Waals surface area contributed by atoms with Crippen LogP contribution in [-0.4, -0.2) is 29.7 Å². The second-order valence-electron chi connectivity index (χ2n) is 8.54. The van der Waals surface area contributed by atoms with E-state index in [0.717, 1.165) is 6.42 Å². The van der Waals surface area contributed by atoms with Crippen LogP contribution >= 0.6 is 0 Å². The third-order valence-electron chi connectivity index (χ3n) is 5.24. The van der Waals surface area contributed by atoms with Crippen molar-refractivity contribution >= 4 is 11.7 Å². The van der Waals surface area contributed by atoms with Crippen molar-refractivity contribution in [1.82, 2.24) is 4.90 Å². The maximum absolute atomic E-state index is 12.6. The standard InChI is InChI=1S/C18H26N2O2/c1-16(2,3)15(22)20-8-7-13-17(4,5)14(21)12(10-19)9-18(13,6)11-20/h9,13H,7-8,11H2,1-6H3/t13-,18+/m0/s1. The zero-order valence-electron chi connectivity index (χ0n) is 14.5. The lowest BCUT2D eigenvalue weighted by molar-refractivity contribution is -0.147. The topological polar surface area (TPSA) is 61.2 Å². The number of amides is 1.